The lowest BCUT2D eigenvalue weighted by Gasteiger charge is -2.24. The molecule has 0 unspecified atom stereocenters. The van der Waals surface area contributed by atoms with Crippen molar-refractivity contribution in [2.24, 2.45) is 14.1 Å². The summed E-state index contributed by atoms with van der Waals surface area (Å²) < 4.78 is 3.23. The van der Waals surface area contributed by atoms with Crippen LogP contribution in [-0.4, -0.2) is 28.1 Å². The van der Waals surface area contributed by atoms with E-state index in [0.29, 0.717) is 6.42 Å². The third-order valence-corrected chi connectivity index (χ3v) is 4.09. The van der Waals surface area contributed by atoms with Gasteiger partial charge in [-0.25, -0.2) is 4.79 Å². The van der Waals surface area contributed by atoms with Crippen molar-refractivity contribution in [1.82, 2.24) is 9.13 Å². The number of nitrogens with zero attached hydrogens (tertiary/aromatic N) is 3. The first-order valence-corrected chi connectivity index (χ1v) is 7.68. The Morgan fingerprint density at radius 1 is 1.09 bits per heavy atom. The molecule has 6 heteroatoms. The highest BCUT2D eigenvalue weighted by atomic mass is 16.2. The number of hydrogen-bond donors (Lipinski definition) is 1. The Labute approximate surface area is 130 Å². The Kier molecular flexibility index (Phi) is 4.59. The first-order valence-electron chi connectivity index (χ1n) is 7.68. The summed E-state index contributed by atoms with van der Waals surface area (Å²) in [5.41, 5.74) is 3.31. The van der Waals surface area contributed by atoms with E-state index in [1.807, 2.05) is 19.1 Å². The van der Waals surface area contributed by atoms with E-state index in [4.69, 9.17) is 0 Å². The van der Waals surface area contributed by atoms with Crippen LogP contribution in [0.2, 0.25) is 0 Å². The van der Waals surface area contributed by atoms with E-state index >= 15 is 0 Å². The van der Waals surface area contributed by atoms with Crippen LogP contribution in [0.1, 0.15) is 27.2 Å². The molecule has 0 spiro atoms. The van der Waals surface area contributed by atoms with E-state index < -0.39 is 0 Å². The zero-order valence-electron chi connectivity index (χ0n) is 13.9. The number of aromatic nitrogens is 2. The molecule has 6 nitrogen and oxygen atoms in total. The maximum absolute atomic E-state index is 12.1. The largest absolute Gasteiger partial charge is 0.370 e. The lowest BCUT2D eigenvalue weighted by atomic mass is 10.2. The van der Waals surface area contributed by atoms with Gasteiger partial charge in [-0.3, -0.25) is 13.9 Å². The van der Waals surface area contributed by atoms with Crippen molar-refractivity contribution in [2.45, 2.75) is 27.2 Å². The first-order chi connectivity index (χ1) is 10.4. The number of rotatable bonds is 5. The molecule has 0 aliphatic heterocycles. The van der Waals surface area contributed by atoms with Crippen LogP contribution in [0, 0.1) is 0 Å². The maximum Gasteiger partial charge on any atom is 0.328 e. The zero-order chi connectivity index (χ0) is 16.4. The normalized spacial score (nSPS) is 11.0. The fourth-order valence-corrected chi connectivity index (χ4v) is 2.70. The Morgan fingerprint density at radius 2 is 1.64 bits per heavy atom. The molecule has 2 aromatic rings. The Hall–Kier alpha value is -2.24. The van der Waals surface area contributed by atoms with Gasteiger partial charge in [-0.1, -0.05) is 6.92 Å². The van der Waals surface area contributed by atoms with Crippen molar-refractivity contribution >= 4 is 28.3 Å². The summed E-state index contributed by atoms with van der Waals surface area (Å²) >= 11 is 0. The highest BCUT2D eigenvalue weighted by molar-refractivity contribution is 5.98. The standard InChI is InChI=1S/C16H24N4O2/c1-6-15(21)17-11-9-13-14(19(5)16(22)18(13)4)10-12(11)20(7-2)8-3/h9-10H,6-8H2,1-5H3,(H,17,21). The molecule has 22 heavy (non-hydrogen) atoms. The highest BCUT2D eigenvalue weighted by Gasteiger charge is 2.16. The third-order valence-electron chi connectivity index (χ3n) is 4.09. The molecule has 0 saturated heterocycles. The molecule has 1 amide bonds. The monoisotopic (exact) mass is 304 g/mol. The predicted molar refractivity (Wildman–Crippen MR) is 90.6 cm³/mol. The highest BCUT2D eigenvalue weighted by Crippen LogP contribution is 2.31. The number of nitrogens with one attached hydrogen (secondary N) is 1. The van der Waals surface area contributed by atoms with Gasteiger partial charge in [-0.05, 0) is 26.0 Å². The number of carbonyl (C=O) groups excluding carboxylic acids is 1. The lowest BCUT2D eigenvalue weighted by molar-refractivity contribution is -0.115. The molecule has 0 atom stereocenters. The van der Waals surface area contributed by atoms with Crippen LogP contribution in [0.25, 0.3) is 11.0 Å². The van der Waals surface area contributed by atoms with Crippen molar-refractivity contribution in [3.8, 4) is 0 Å². The molecule has 0 aliphatic carbocycles. The quantitative estimate of drug-likeness (QED) is 0.920. The van der Waals surface area contributed by atoms with Crippen LogP contribution in [-0.2, 0) is 18.9 Å². The number of fused-ring (bicyclic) bond motifs is 1. The SMILES string of the molecule is CCC(=O)Nc1cc2c(cc1N(CC)CC)n(C)c(=O)n2C. The van der Waals surface area contributed by atoms with E-state index in [1.165, 1.54) is 0 Å². The summed E-state index contributed by atoms with van der Waals surface area (Å²) in [6, 6.07) is 3.87. The van der Waals surface area contributed by atoms with Crippen molar-refractivity contribution < 1.29 is 4.79 Å². The number of hydrogen-bond acceptors (Lipinski definition) is 3. The van der Waals surface area contributed by atoms with E-state index in [-0.39, 0.29) is 11.6 Å². The van der Waals surface area contributed by atoms with Crippen molar-refractivity contribution in [3.63, 3.8) is 0 Å². The van der Waals surface area contributed by atoms with Crippen LogP contribution >= 0.6 is 0 Å². The molecule has 0 bridgehead atoms. The third kappa shape index (κ3) is 2.61. The van der Waals surface area contributed by atoms with E-state index in [9.17, 15) is 9.59 Å². The van der Waals surface area contributed by atoms with Crippen LogP contribution in [0.3, 0.4) is 0 Å². The number of anilines is 2. The molecular formula is C16H24N4O2. The molecule has 1 aromatic carbocycles. The second-order valence-electron chi connectivity index (χ2n) is 5.33. The summed E-state index contributed by atoms with van der Waals surface area (Å²) in [6.07, 6.45) is 0.420. The fraction of sp³-hybridized carbons (Fsp3) is 0.500. The van der Waals surface area contributed by atoms with Gasteiger partial charge in [0, 0.05) is 33.6 Å². The van der Waals surface area contributed by atoms with Crippen molar-refractivity contribution in [3.05, 3.63) is 22.6 Å². The van der Waals surface area contributed by atoms with Crippen molar-refractivity contribution in [2.75, 3.05) is 23.3 Å². The molecule has 120 valence electrons. The summed E-state index contributed by atoms with van der Waals surface area (Å²) in [5.74, 6) is -0.0336. The molecule has 2 rings (SSSR count). The molecule has 0 aliphatic rings. The van der Waals surface area contributed by atoms with Crippen molar-refractivity contribution in [1.29, 1.82) is 0 Å². The Morgan fingerprint density at radius 3 is 2.14 bits per heavy atom. The van der Waals surface area contributed by atoms with Crippen LogP contribution in [0.5, 0.6) is 0 Å². The van der Waals surface area contributed by atoms with Gasteiger partial charge in [-0.2, -0.15) is 0 Å². The number of amides is 1. The molecule has 0 fully saturated rings. The van der Waals surface area contributed by atoms with Crippen LogP contribution in [0.4, 0.5) is 11.4 Å². The number of benzene rings is 1. The van der Waals surface area contributed by atoms with Crippen LogP contribution < -0.4 is 15.9 Å². The summed E-state index contributed by atoms with van der Waals surface area (Å²) in [4.78, 5) is 26.1. The van der Waals surface area contributed by atoms with Gasteiger partial charge < -0.3 is 10.2 Å². The van der Waals surface area contributed by atoms with Gasteiger partial charge >= 0.3 is 5.69 Å². The van der Waals surface area contributed by atoms with Crippen LogP contribution in [0.15, 0.2) is 16.9 Å². The van der Waals surface area contributed by atoms with Gasteiger partial charge in [-0.15, -0.1) is 0 Å². The Balaban J connectivity index is 2.72. The average Bonchev–Trinajstić information content (AvgIpc) is 2.73. The minimum Gasteiger partial charge on any atom is -0.370 e. The minimum atomic E-state index is -0.0699. The van der Waals surface area contributed by atoms with Gasteiger partial charge in [0.2, 0.25) is 5.91 Å². The van der Waals surface area contributed by atoms with Gasteiger partial charge in [0.25, 0.3) is 0 Å². The number of imidazole rings is 1. The lowest BCUT2D eigenvalue weighted by Crippen LogP contribution is -2.24. The van der Waals surface area contributed by atoms with Gasteiger partial charge in [0.05, 0.1) is 22.4 Å². The van der Waals surface area contributed by atoms with Gasteiger partial charge in [0.15, 0.2) is 0 Å². The number of carbonyl (C=O) groups is 1. The first kappa shape index (κ1) is 16.1. The summed E-state index contributed by atoms with van der Waals surface area (Å²) in [6.45, 7) is 7.63. The summed E-state index contributed by atoms with van der Waals surface area (Å²) in [5, 5.41) is 2.95. The molecule has 0 saturated carbocycles. The smallest absolute Gasteiger partial charge is 0.328 e. The Bertz CT molecular complexity index is 754. The van der Waals surface area contributed by atoms with E-state index in [0.717, 1.165) is 35.5 Å². The minimum absolute atomic E-state index is 0.0336. The topological polar surface area (TPSA) is 59.3 Å². The fourth-order valence-electron chi connectivity index (χ4n) is 2.70. The second-order valence-corrected chi connectivity index (χ2v) is 5.33. The molecule has 1 aromatic heterocycles. The predicted octanol–water partition coefficient (Wildman–Crippen LogP) is 2.07. The second kappa shape index (κ2) is 6.25. The molecule has 1 N–H and O–H groups in total. The average molecular weight is 304 g/mol. The van der Waals surface area contributed by atoms with E-state index in [1.54, 1.807) is 23.2 Å². The van der Waals surface area contributed by atoms with E-state index in [2.05, 4.69) is 24.1 Å². The molecular weight excluding hydrogens is 280 g/mol. The molecule has 0 radical (unpaired) electrons. The maximum atomic E-state index is 12.1. The zero-order valence-corrected chi connectivity index (χ0v) is 13.9. The summed E-state index contributed by atoms with van der Waals surface area (Å²) in [7, 11) is 3.51. The molecule has 1 heterocycles. The van der Waals surface area contributed by atoms with Gasteiger partial charge in [0.1, 0.15) is 0 Å². The number of aryl methyl sites for hydroxylation is 2.